The van der Waals surface area contributed by atoms with E-state index in [0.29, 0.717) is 26.0 Å². The van der Waals surface area contributed by atoms with Gasteiger partial charge in [-0.25, -0.2) is 0 Å². The number of amides is 1. The van der Waals surface area contributed by atoms with Crippen molar-refractivity contribution < 1.29 is 9.53 Å². The van der Waals surface area contributed by atoms with Gasteiger partial charge in [0.2, 0.25) is 5.91 Å². The van der Waals surface area contributed by atoms with E-state index in [1.807, 2.05) is 32.0 Å². The molecule has 108 valence electrons. The Bertz CT molecular complexity index is 500. The van der Waals surface area contributed by atoms with Crippen molar-refractivity contribution in [2.24, 2.45) is 0 Å². The van der Waals surface area contributed by atoms with Crippen LogP contribution in [-0.2, 0) is 4.79 Å². The van der Waals surface area contributed by atoms with Gasteiger partial charge in [-0.2, -0.15) is 5.26 Å². The summed E-state index contributed by atoms with van der Waals surface area (Å²) in [7, 11) is 1.69. The molecule has 1 amide bonds. The van der Waals surface area contributed by atoms with E-state index in [1.165, 1.54) is 0 Å². The van der Waals surface area contributed by atoms with Crippen LogP contribution in [0.25, 0.3) is 0 Å². The number of hydrogen-bond acceptors (Lipinski definition) is 3. The van der Waals surface area contributed by atoms with Crippen LogP contribution in [0.2, 0.25) is 5.02 Å². The van der Waals surface area contributed by atoms with Crippen LogP contribution >= 0.6 is 11.6 Å². The number of carbonyl (C=O) groups excluding carboxylic acids is 1. The highest BCUT2D eigenvalue weighted by atomic mass is 35.5. The van der Waals surface area contributed by atoms with Crippen LogP contribution in [0, 0.1) is 25.2 Å². The fraction of sp³-hybridized carbons (Fsp3) is 0.467. The van der Waals surface area contributed by atoms with Crippen LogP contribution in [0.3, 0.4) is 0 Å². The molecule has 0 bridgehead atoms. The summed E-state index contributed by atoms with van der Waals surface area (Å²) in [4.78, 5) is 13.3. The summed E-state index contributed by atoms with van der Waals surface area (Å²) < 4.78 is 5.58. The second-order valence-electron chi connectivity index (χ2n) is 4.69. The fourth-order valence-corrected chi connectivity index (χ4v) is 1.89. The maximum Gasteiger partial charge on any atom is 0.225 e. The second-order valence-corrected chi connectivity index (χ2v) is 5.07. The van der Waals surface area contributed by atoms with Crippen LogP contribution < -0.4 is 4.74 Å². The van der Waals surface area contributed by atoms with Gasteiger partial charge in [0.05, 0.1) is 25.5 Å². The molecule has 0 saturated heterocycles. The molecule has 1 aromatic carbocycles. The molecule has 0 fully saturated rings. The zero-order valence-electron chi connectivity index (χ0n) is 12.1. The summed E-state index contributed by atoms with van der Waals surface area (Å²) in [5.74, 6) is 0.694. The third kappa shape index (κ3) is 4.75. The normalized spacial score (nSPS) is 9.95. The molecule has 0 atom stereocenters. The summed E-state index contributed by atoms with van der Waals surface area (Å²) >= 11 is 6.08. The first-order valence-electron chi connectivity index (χ1n) is 6.46. The lowest BCUT2D eigenvalue weighted by molar-refractivity contribution is -0.130. The van der Waals surface area contributed by atoms with Gasteiger partial charge in [-0.15, -0.1) is 0 Å². The third-order valence-corrected chi connectivity index (χ3v) is 3.58. The second kappa shape index (κ2) is 7.76. The van der Waals surface area contributed by atoms with Crippen LogP contribution in [0.1, 0.15) is 24.0 Å². The number of carbonyl (C=O) groups is 1. The summed E-state index contributed by atoms with van der Waals surface area (Å²) in [6, 6.07) is 5.74. The van der Waals surface area contributed by atoms with Gasteiger partial charge in [-0.3, -0.25) is 4.79 Å². The van der Waals surface area contributed by atoms with Gasteiger partial charge in [0.25, 0.3) is 0 Å². The maximum atomic E-state index is 11.7. The molecule has 0 aliphatic carbocycles. The zero-order valence-corrected chi connectivity index (χ0v) is 12.8. The SMILES string of the molecule is Cc1cc(OCCC(=O)N(C)CCC#N)cc(C)c1Cl. The van der Waals surface area contributed by atoms with Crippen molar-refractivity contribution in [1.82, 2.24) is 4.90 Å². The first-order valence-corrected chi connectivity index (χ1v) is 6.84. The summed E-state index contributed by atoms with van der Waals surface area (Å²) in [6.07, 6.45) is 0.640. The number of ether oxygens (including phenoxy) is 1. The Morgan fingerprint density at radius 2 is 2.00 bits per heavy atom. The average molecular weight is 295 g/mol. The van der Waals surface area contributed by atoms with E-state index in [0.717, 1.165) is 21.9 Å². The van der Waals surface area contributed by atoms with Crippen molar-refractivity contribution in [1.29, 1.82) is 5.26 Å². The lowest BCUT2D eigenvalue weighted by Gasteiger charge is -2.16. The first-order chi connectivity index (χ1) is 9.45. The van der Waals surface area contributed by atoms with E-state index in [-0.39, 0.29) is 5.91 Å². The molecule has 0 saturated carbocycles. The van der Waals surface area contributed by atoms with Gasteiger partial charge in [0.1, 0.15) is 5.75 Å². The smallest absolute Gasteiger partial charge is 0.225 e. The predicted octanol–water partition coefficient (Wildman–Crippen LogP) is 3.10. The van der Waals surface area contributed by atoms with Crippen molar-refractivity contribution in [3.05, 3.63) is 28.3 Å². The molecule has 0 aromatic heterocycles. The lowest BCUT2D eigenvalue weighted by atomic mass is 10.1. The van der Waals surface area contributed by atoms with Gasteiger partial charge in [0, 0.05) is 18.6 Å². The van der Waals surface area contributed by atoms with E-state index < -0.39 is 0 Å². The van der Waals surface area contributed by atoms with Crippen molar-refractivity contribution in [2.45, 2.75) is 26.7 Å². The molecular formula is C15H19ClN2O2. The minimum Gasteiger partial charge on any atom is -0.493 e. The Hall–Kier alpha value is -1.73. The monoisotopic (exact) mass is 294 g/mol. The molecule has 0 aliphatic rings. The number of halogens is 1. The van der Waals surface area contributed by atoms with Crippen molar-refractivity contribution in [2.75, 3.05) is 20.2 Å². The van der Waals surface area contributed by atoms with Gasteiger partial charge in [-0.05, 0) is 37.1 Å². The van der Waals surface area contributed by atoms with Gasteiger partial charge >= 0.3 is 0 Å². The quantitative estimate of drug-likeness (QED) is 0.810. The van der Waals surface area contributed by atoms with Crippen molar-refractivity contribution in [3.63, 3.8) is 0 Å². The topological polar surface area (TPSA) is 53.3 Å². The molecule has 0 unspecified atom stereocenters. The zero-order chi connectivity index (χ0) is 15.1. The maximum absolute atomic E-state index is 11.7. The molecule has 20 heavy (non-hydrogen) atoms. The number of aryl methyl sites for hydroxylation is 2. The molecule has 0 N–H and O–H groups in total. The van der Waals surface area contributed by atoms with Gasteiger partial charge in [-0.1, -0.05) is 11.6 Å². The van der Waals surface area contributed by atoms with Crippen LogP contribution in [0.5, 0.6) is 5.75 Å². The van der Waals surface area contributed by atoms with Crippen molar-refractivity contribution >= 4 is 17.5 Å². The van der Waals surface area contributed by atoms with Crippen LogP contribution in [0.4, 0.5) is 0 Å². The minimum atomic E-state index is -0.0253. The van der Waals surface area contributed by atoms with E-state index in [9.17, 15) is 4.79 Å². The average Bonchev–Trinajstić information content (AvgIpc) is 2.41. The molecule has 0 heterocycles. The summed E-state index contributed by atoms with van der Waals surface area (Å²) in [6.45, 7) is 4.61. The Morgan fingerprint density at radius 1 is 1.40 bits per heavy atom. The highest BCUT2D eigenvalue weighted by molar-refractivity contribution is 6.32. The Labute approximate surface area is 124 Å². The minimum absolute atomic E-state index is 0.0253. The molecule has 4 nitrogen and oxygen atoms in total. The molecule has 0 spiro atoms. The van der Waals surface area contributed by atoms with E-state index in [4.69, 9.17) is 21.6 Å². The number of nitrogens with zero attached hydrogens (tertiary/aromatic N) is 2. The van der Waals surface area contributed by atoms with E-state index >= 15 is 0 Å². The van der Waals surface area contributed by atoms with Gasteiger partial charge in [0.15, 0.2) is 0 Å². The molecule has 1 aromatic rings. The number of hydrogen-bond donors (Lipinski definition) is 0. The molecule has 0 radical (unpaired) electrons. The highest BCUT2D eigenvalue weighted by Crippen LogP contribution is 2.25. The Balaban J connectivity index is 2.45. The van der Waals surface area contributed by atoms with Crippen LogP contribution in [0.15, 0.2) is 12.1 Å². The third-order valence-electron chi connectivity index (χ3n) is 2.98. The molecule has 1 rings (SSSR count). The molecule has 5 heteroatoms. The standard InChI is InChI=1S/C15H19ClN2O2/c1-11-9-13(10-12(2)15(11)16)20-8-5-14(19)18(3)7-4-6-17/h9-10H,4-5,7-8H2,1-3H3. The number of nitriles is 1. The van der Waals surface area contributed by atoms with E-state index in [1.54, 1.807) is 11.9 Å². The molecular weight excluding hydrogens is 276 g/mol. The van der Waals surface area contributed by atoms with E-state index in [2.05, 4.69) is 0 Å². The number of rotatable bonds is 6. The van der Waals surface area contributed by atoms with Crippen LogP contribution in [-0.4, -0.2) is 31.0 Å². The Kier molecular flexibility index (Phi) is 6.33. The fourth-order valence-electron chi connectivity index (χ4n) is 1.78. The Morgan fingerprint density at radius 3 is 2.55 bits per heavy atom. The van der Waals surface area contributed by atoms with Crippen molar-refractivity contribution in [3.8, 4) is 11.8 Å². The molecule has 0 aliphatic heterocycles. The summed E-state index contributed by atoms with van der Waals surface area (Å²) in [5.41, 5.74) is 1.92. The first kappa shape index (κ1) is 16.3. The largest absolute Gasteiger partial charge is 0.493 e. The summed E-state index contributed by atoms with van der Waals surface area (Å²) in [5, 5.41) is 9.21. The highest BCUT2D eigenvalue weighted by Gasteiger charge is 2.09. The lowest BCUT2D eigenvalue weighted by Crippen LogP contribution is -2.28. The predicted molar refractivity (Wildman–Crippen MR) is 78.9 cm³/mol. The number of benzene rings is 1. The van der Waals surface area contributed by atoms with Gasteiger partial charge < -0.3 is 9.64 Å².